The predicted octanol–water partition coefficient (Wildman–Crippen LogP) is 4.10. The molecule has 0 aliphatic heterocycles. The van der Waals surface area contributed by atoms with Crippen molar-refractivity contribution in [1.82, 2.24) is 4.90 Å². The minimum absolute atomic E-state index is 0.00407. The van der Waals surface area contributed by atoms with Gasteiger partial charge in [-0.1, -0.05) is 30.3 Å². The van der Waals surface area contributed by atoms with Crippen molar-refractivity contribution in [2.75, 3.05) is 6.61 Å². The van der Waals surface area contributed by atoms with E-state index < -0.39 is 0 Å². The molecule has 2 aromatic rings. The normalized spacial score (nSPS) is 11.0. The Labute approximate surface area is 149 Å². The lowest BCUT2D eigenvalue weighted by Gasteiger charge is -2.35. The molecular weight excluding hydrogens is 314 g/mol. The summed E-state index contributed by atoms with van der Waals surface area (Å²) >= 11 is 0. The maximum atomic E-state index is 12.7. The van der Waals surface area contributed by atoms with E-state index in [1.165, 1.54) is 6.92 Å². The average Bonchev–Trinajstić information content (AvgIpc) is 2.58. The number of carbonyl (C=O) groups is 2. The lowest BCUT2D eigenvalue weighted by Crippen LogP contribution is -2.47. The monoisotopic (exact) mass is 339 g/mol. The summed E-state index contributed by atoms with van der Waals surface area (Å²) in [6.45, 7) is 8.05. The number of Topliss-reactive ketones (excluding diaryl/α,β-unsaturated/α-hetero) is 1. The van der Waals surface area contributed by atoms with Crippen LogP contribution in [0.25, 0.3) is 0 Å². The van der Waals surface area contributed by atoms with Gasteiger partial charge in [0.2, 0.25) is 0 Å². The van der Waals surface area contributed by atoms with E-state index in [1.54, 1.807) is 24.3 Å². The van der Waals surface area contributed by atoms with Gasteiger partial charge in [-0.25, -0.2) is 0 Å². The maximum absolute atomic E-state index is 12.7. The standard InChI is InChI=1S/C21H25NO3/c1-16(23)18-10-12-19(13-11-18)25-15-20(24)22(21(2,3)4)14-17-8-6-5-7-9-17/h5-13H,14-15H2,1-4H3. The van der Waals surface area contributed by atoms with E-state index in [-0.39, 0.29) is 23.8 Å². The van der Waals surface area contributed by atoms with Crippen molar-refractivity contribution in [2.24, 2.45) is 0 Å². The number of nitrogens with zero attached hydrogens (tertiary/aromatic N) is 1. The summed E-state index contributed by atoms with van der Waals surface area (Å²) in [5, 5.41) is 0. The van der Waals surface area contributed by atoms with Crippen LogP contribution in [0.2, 0.25) is 0 Å². The Morgan fingerprint density at radius 1 is 0.960 bits per heavy atom. The van der Waals surface area contributed by atoms with E-state index in [9.17, 15) is 9.59 Å². The lowest BCUT2D eigenvalue weighted by molar-refractivity contribution is -0.139. The molecule has 2 aromatic carbocycles. The SMILES string of the molecule is CC(=O)c1ccc(OCC(=O)N(Cc2ccccc2)C(C)(C)C)cc1. The van der Waals surface area contributed by atoms with Gasteiger partial charge in [-0.15, -0.1) is 0 Å². The van der Waals surface area contributed by atoms with Gasteiger partial charge in [0.05, 0.1) is 0 Å². The first kappa shape index (κ1) is 18.7. The summed E-state index contributed by atoms with van der Waals surface area (Å²) in [5.41, 5.74) is 1.39. The molecule has 0 heterocycles. The highest BCUT2D eigenvalue weighted by Gasteiger charge is 2.26. The molecule has 0 N–H and O–H groups in total. The topological polar surface area (TPSA) is 46.6 Å². The van der Waals surface area contributed by atoms with Gasteiger partial charge < -0.3 is 9.64 Å². The largest absolute Gasteiger partial charge is 0.484 e. The fourth-order valence-electron chi connectivity index (χ4n) is 2.47. The molecule has 4 nitrogen and oxygen atoms in total. The summed E-state index contributed by atoms with van der Waals surface area (Å²) < 4.78 is 5.61. The van der Waals surface area contributed by atoms with Gasteiger partial charge in [0.1, 0.15) is 5.75 Å². The third-order valence-corrected chi connectivity index (χ3v) is 3.92. The van der Waals surface area contributed by atoms with Gasteiger partial charge in [-0.05, 0) is 57.5 Å². The number of carbonyl (C=O) groups excluding carboxylic acids is 2. The fraction of sp³-hybridized carbons (Fsp3) is 0.333. The summed E-state index contributed by atoms with van der Waals surface area (Å²) in [6.07, 6.45) is 0. The van der Waals surface area contributed by atoms with Gasteiger partial charge in [0, 0.05) is 17.6 Å². The van der Waals surface area contributed by atoms with E-state index in [2.05, 4.69) is 0 Å². The molecule has 0 fully saturated rings. The van der Waals surface area contributed by atoms with Crippen LogP contribution in [0.3, 0.4) is 0 Å². The number of hydrogen-bond donors (Lipinski definition) is 0. The zero-order valence-corrected chi connectivity index (χ0v) is 15.3. The Bertz CT molecular complexity index is 715. The lowest BCUT2D eigenvalue weighted by atomic mass is 10.0. The smallest absolute Gasteiger partial charge is 0.261 e. The molecule has 0 spiro atoms. The number of amides is 1. The molecule has 0 aromatic heterocycles. The Morgan fingerprint density at radius 3 is 2.08 bits per heavy atom. The van der Waals surface area contributed by atoms with Crippen LogP contribution in [-0.4, -0.2) is 28.7 Å². The Kier molecular flexibility index (Phi) is 5.97. The highest BCUT2D eigenvalue weighted by atomic mass is 16.5. The van der Waals surface area contributed by atoms with Crippen molar-refractivity contribution in [2.45, 2.75) is 39.8 Å². The van der Waals surface area contributed by atoms with E-state index >= 15 is 0 Å². The number of hydrogen-bond acceptors (Lipinski definition) is 3. The predicted molar refractivity (Wildman–Crippen MR) is 98.7 cm³/mol. The minimum atomic E-state index is -0.311. The maximum Gasteiger partial charge on any atom is 0.261 e. The Balaban J connectivity index is 2.03. The van der Waals surface area contributed by atoms with Crippen molar-refractivity contribution in [3.8, 4) is 5.75 Å². The number of ketones is 1. The first-order chi connectivity index (χ1) is 11.8. The first-order valence-electron chi connectivity index (χ1n) is 8.35. The highest BCUT2D eigenvalue weighted by Crippen LogP contribution is 2.19. The average molecular weight is 339 g/mol. The molecule has 0 radical (unpaired) electrons. The minimum Gasteiger partial charge on any atom is -0.484 e. The van der Waals surface area contributed by atoms with Gasteiger partial charge >= 0.3 is 0 Å². The van der Waals surface area contributed by atoms with Crippen molar-refractivity contribution in [3.63, 3.8) is 0 Å². The summed E-state index contributed by atoms with van der Waals surface area (Å²) in [4.78, 5) is 25.8. The summed E-state index contributed by atoms with van der Waals surface area (Å²) in [7, 11) is 0. The molecule has 1 amide bonds. The summed E-state index contributed by atoms with van der Waals surface area (Å²) in [5.74, 6) is 0.503. The van der Waals surface area contributed by atoms with Crippen LogP contribution >= 0.6 is 0 Å². The molecule has 0 aliphatic rings. The van der Waals surface area contributed by atoms with E-state index in [4.69, 9.17) is 4.74 Å². The zero-order chi connectivity index (χ0) is 18.4. The second kappa shape index (κ2) is 7.97. The van der Waals surface area contributed by atoms with Gasteiger partial charge in [0.25, 0.3) is 5.91 Å². The number of benzene rings is 2. The molecule has 2 rings (SSSR count). The molecule has 25 heavy (non-hydrogen) atoms. The molecule has 0 bridgehead atoms. The van der Waals surface area contributed by atoms with Gasteiger partial charge in [-0.2, -0.15) is 0 Å². The van der Waals surface area contributed by atoms with Crippen LogP contribution in [0, 0.1) is 0 Å². The molecule has 0 atom stereocenters. The molecule has 132 valence electrons. The van der Waals surface area contributed by atoms with E-state index in [0.717, 1.165) is 5.56 Å². The quantitative estimate of drug-likeness (QED) is 0.745. The second-order valence-corrected chi connectivity index (χ2v) is 7.01. The third kappa shape index (κ3) is 5.45. The molecule has 0 saturated heterocycles. The van der Waals surface area contributed by atoms with Crippen LogP contribution < -0.4 is 4.74 Å². The van der Waals surface area contributed by atoms with Gasteiger partial charge in [-0.3, -0.25) is 9.59 Å². The van der Waals surface area contributed by atoms with E-state index in [1.807, 2.05) is 56.0 Å². The third-order valence-electron chi connectivity index (χ3n) is 3.92. The van der Waals surface area contributed by atoms with E-state index in [0.29, 0.717) is 17.9 Å². The summed E-state index contributed by atoms with van der Waals surface area (Å²) in [6, 6.07) is 16.7. The molecule has 0 saturated carbocycles. The number of ether oxygens (including phenoxy) is 1. The van der Waals surface area contributed by atoms with Crippen molar-refractivity contribution >= 4 is 11.7 Å². The van der Waals surface area contributed by atoms with Crippen molar-refractivity contribution in [1.29, 1.82) is 0 Å². The van der Waals surface area contributed by atoms with Crippen LogP contribution in [0.15, 0.2) is 54.6 Å². The van der Waals surface area contributed by atoms with Crippen molar-refractivity contribution in [3.05, 3.63) is 65.7 Å². The zero-order valence-electron chi connectivity index (χ0n) is 15.3. The molecule has 0 aliphatic carbocycles. The highest BCUT2D eigenvalue weighted by molar-refractivity contribution is 5.94. The van der Waals surface area contributed by atoms with Crippen LogP contribution in [0.4, 0.5) is 0 Å². The number of rotatable bonds is 6. The van der Waals surface area contributed by atoms with Crippen molar-refractivity contribution < 1.29 is 14.3 Å². The Hall–Kier alpha value is -2.62. The first-order valence-corrected chi connectivity index (χ1v) is 8.35. The fourth-order valence-corrected chi connectivity index (χ4v) is 2.47. The second-order valence-electron chi connectivity index (χ2n) is 7.01. The Morgan fingerprint density at radius 2 is 1.56 bits per heavy atom. The molecular formula is C21H25NO3. The van der Waals surface area contributed by atoms with Crippen LogP contribution in [0.5, 0.6) is 5.75 Å². The van der Waals surface area contributed by atoms with Crippen LogP contribution in [-0.2, 0) is 11.3 Å². The molecule has 0 unspecified atom stereocenters. The van der Waals surface area contributed by atoms with Crippen LogP contribution in [0.1, 0.15) is 43.6 Å². The molecule has 4 heteroatoms. The van der Waals surface area contributed by atoms with Gasteiger partial charge in [0.15, 0.2) is 12.4 Å².